The average molecular weight is 283 g/mol. The Morgan fingerprint density at radius 3 is 2.90 bits per heavy atom. The molecule has 2 N–H and O–H groups in total. The fourth-order valence-electron chi connectivity index (χ4n) is 2.60. The molecule has 0 unspecified atom stereocenters. The van der Waals surface area contributed by atoms with Crippen molar-refractivity contribution < 1.29 is 4.79 Å². The number of hydrogen-bond acceptors (Lipinski definition) is 3. The molecule has 1 amide bonds. The number of H-pyrrole nitrogens is 1. The molecule has 1 aromatic heterocycles. The van der Waals surface area contributed by atoms with Crippen molar-refractivity contribution in [3.05, 3.63) is 64.1 Å². The van der Waals surface area contributed by atoms with Gasteiger partial charge >= 0.3 is 0 Å². The number of anilines is 1. The van der Waals surface area contributed by atoms with Gasteiger partial charge in [0.15, 0.2) is 0 Å². The van der Waals surface area contributed by atoms with Crippen LogP contribution in [0.15, 0.2) is 47.4 Å². The number of pyridine rings is 1. The summed E-state index contributed by atoms with van der Waals surface area (Å²) < 4.78 is 0. The molecule has 0 aliphatic carbocycles. The van der Waals surface area contributed by atoms with Crippen molar-refractivity contribution in [2.24, 2.45) is 0 Å². The van der Waals surface area contributed by atoms with Crippen molar-refractivity contribution >= 4 is 11.6 Å². The first-order valence-corrected chi connectivity index (χ1v) is 7.04. The highest BCUT2D eigenvalue weighted by Crippen LogP contribution is 2.26. The van der Waals surface area contributed by atoms with Crippen molar-refractivity contribution in [2.75, 3.05) is 24.5 Å². The number of benzene rings is 1. The molecule has 0 fully saturated rings. The Morgan fingerprint density at radius 2 is 2.10 bits per heavy atom. The monoisotopic (exact) mass is 283 g/mol. The maximum atomic E-state index is 11.9. The van der Waals surface area contributed by atoms with Crippen molar-refractivity contribution in [1.82, 2.24) is 10.3 Å². The second-order valence-corrected chi connectivity index (χ2v) is 5.06. The molecular formula is C16H17N3O2. The number of rotatable bonds is 4. The predicted octanol–water partition coefficient (Wildman–Crippen LogP) is 1.17. The number of aromatic amines is 1. The predicted molar refractivity (Wildman–Crippen MR) is 81.8 cm³/mol. The number of para-hydroxylation sites is 1. The molecule has 2 heterocycles. The Labute approximate surface area is 122 Å². The van der Waals surface area contributed by atoms with Crippen LogP contribution in [0.5, 0.6) is 0 Å². The van der Waals surface area contributed by atoms with E-state index in [2.05, 4.69) is 33.4 Å². The third-order valence-corrected chi connectivity index (χ3v) is 3.70. The molecule has 5 heteroatoms. The molecule has 108 valence electrons. The average Bonchev–Trinajstić information content (AvgIpc) is 2.91. The van der Waals surface area contributed by atoms with E-state index in [0.717, 1.165) is 19.5 Å². The van der Waals surface area contributed by atoms with Crippen LogP contribution in [-0.2, 0) is 6.42 Å². The molecule has 0 bridgehead atoms. The Balaban J connectivity index is 1.54. The molecule has 1 aliphatic rings. The first-order chi connectivity index (χ1) is 10.2. The maximum Gasteiger partial charge on any atom is 0.252 e. The zero-order chi connectivity index (χ0) is 14.7. The number of carbonyl (C=O) groups excluding carboxylic acids is 1. The summed E-state index contributed by atoms with van der Waals surface area (Å²) in [6.07, 6.45) is 2.49. The SMILES string of the molecule is O=C(NCCN1CCc2ccccc21)c1ccc(=O)[nH]c1. The van der Waals surface area contributed by atoms with E-state index in [9.17, 15) is 9.59 Å². The lowest BCUT2D eigenvalue weighted by molar-refractivity contribution is 0.0954. The van der Waals surface area contributed by atoms with E-state index in [1.807, 2.05) is 6.07 Å². The van der Waals surface area contributed by atoms with Crippen LogP contribution < -0.4 is 15.8 Å². The molecule has 1 aliphatic heterocycles. The van der Waals surface area contributed by atoms with Crippen LogP contribution >= 0.6 is 0 Å². The first kappa shape index (κ1) is 13.4. The molecule has 21 heavy (non-hydrogen) atoms. The van der Waals surface area contributed by atoms with Crippen molar-refractivity contribution in [2.45, 2.75) is 6.42 Å². The third kappa shape index (κ3) is 2.97. The van der Waals surface area contributed by atoms with Crippen molar-refractivity contribution in [3.63, 3.8) is 0 Å². The van der Waals surface area contributed by atoms with Gasteiger partial charge in [-0.1, -0.05) is 18.2 Å². The largest absolute Gasteiger partial charge is 0.369 e. The third-order valence-electron chi connectivity index (χ3n) is 3.70. The van der Waals surface area contributed by atoms with Gasteiger partial charge in [0, 0.05) is 37.6 Å². The Kier molecular flexibility index (Phi) is 3.73. The molecule has 5 nitrogen and oxygen atoms in total. The molecule has 1 aromatic carbocycles. The summed E-state index contributed by atoms with van der Waals surface area (Å²) in [5.41, 5.74) is 2.89. The van der Waals surface area contributed by atoms with E-state index in [4.69, 9.17) is 0 Å². The van der Waals surface area contributed by atoms with Gasteiger partial charge in [0.05, 0.1) is 5.56 Å². The normalized spacial score (nSPS) is 13.0. The second kappa shape index (κ2) is 5.83. The van der Waals surface area contributed by atoms with E-state index in [1.54, 1.807) is 0 Å². The fourth-order valence-corrected chi connectivity index (χ4v) is 2.60. The van der Waals surface area contributed by atoms with Gasteiger partial charge in [0.2, 0.25) is 5.56 Å². The minimum Gasteiger partial charge on any atom is -0.369 e. The summed E-state index contributed by atoms with van der Waals surface area (Å²) in [5, 5.41) is 2.87. The molecule has 3 rings (SSSR count). The summed E-state index contributed by atoms with van der Waals surface area (Å²) in [5.74, 6) is -0.168. The van der Waals surface area contributed by atoms with E-state index >= 15 is 0 Å². The lowest BCUT2D eigenvalue weighted by Gasteiger charge is -2.19. The zero-order valence-electron chi connectivity index (χ0n) is 11.6. The molecule has 2 aromatic rings. The van der Waals surface area contributed by atoms with E-state index in [-0.39, 0.29) is 11.5 Å². The second-order valence-electron chi connectivity index (χ2n) is 5.06. The molecular weight excluding hydrogens is 266 g/mol. The van der Waals surface area contributed by atoms with E-state index in [1.165, 1.54) is 29.6 Å². The van der Waals surface area contributed by atoms with Crippen LogP contribution in [-0.4, -0.2) is 30.5 Å². The van der Waals surface area contributed by atoms with Crippen molar-refractivity contribution in [1.29, 1.82) is 0 Å². The highest BCUT2D eigenvalue weighted by Gasteiger charge is 2.17. The molecule has 0 atom stereocenters. The Morgan fingerprint density at radius 1 is 1.24 bits per heavy atom. The van der Waals surface area contributed by atoms with Gasteiger partial charge in [-0.3, -0.25) is 9.59 Å². The van der Waals surface area contributed by atoms with Crippen LogP contribution in [0.25, 0.3) is 0 Å². The summed E-state index contributed by atoms with van der Waals surface area (Å²) in [7, 11) is 0. The summed E-state index contributed by atoms with van der Waals surface area (Å²) >= 11 is 0. The van der Waals surface area contributed by atoms with E-state index in [0.29, 0.717) is 12.1 Å². The summed E-state index contributed by atoms with van der Waals surface area (Å²) in [6, 6.07) is 11.2. The quantitative estimate of drug-likeness (QED) is 0.885. The highest BCUT2D eigenvalue weighted by molar-refractivity contribution is 5.93. The maximum absolute atomic E-state index is 11.9. The number of fused-ring (bicyclic) bond motifs is 1. The minimum absolute atomic E-state index is 0.168. The van der Waals surface area contributed by atoms with E-state index < -0.39 is 0 Å². The molecule has 0 spiro atoms. The van der Waals surface area contributed by atoms with Crippen LogP contribution in [0.3, 0.4) is 0 Å². The fraction of sp³-hybridized carbons (Fsp3) is 0.250. The first-order valence-electron chi connectivity index (χ1n) is 7.04. The highest BCUT2D eigenvalue weighted by atomic mass is 16.1. The number of nitrogens with zero attached hydrogens (tertiary/aromatic N) is 1. The van der Waals surface area contributed by atoms with Gasteiger partial charge in [-0.2, -0.15) is 0 Å². The van der Waals surface area contributed by atoms with Gasteiger partial charge in [0.25, 0.3) is 5.91 Å². The number of carbonyl (C=O) groups is 1. The van der Waals surface area contributed by atoms with Crippen LogP contribution in [0.4, 0.5) is 5.69 Å². The Hall–Kier alpha value is -2.56. The minimum atomic E-state index is -0.208. The van der Waals surface area contributed by atoms with Gasteiger partial charge < -0.3 is 15.2 Å². The van der Waals surface area contributed by atoms with Gasteiger partial charge in [-0.15, -0.1) is 0 Å². The summed E-state index contributed by atoms with van der Waals surface area (Å²) in [6.45, 7) is 2.35. The standard InChI is InChI=1S/C16H17N3O2/c20-15-6-5-13(11-18-15)16(21)17-8-10-19-9-7-12-3-1-2-4-14(12)19/h1-6,11H,7-10H2,(H,17,21)(H,18,20). The topological polar surface area (TPSA) is 65.2 Å². The number of nitrogens with one attached hydrogen (secondary N) is 2. The number of aromatic nitrogens is 1. The smallest absolute Gasteiger partial charge is 0.252 e. The lowest BCUT2D eigenvalue weighted by atomic mass is 10.2. The van der Waals surface area contributed by atoms with Crippen LogP contribution in [0, 0.1) is 0 Å². The Bertz CT molecular complexity index is 688. The molecule has 0 saturated carbocycles. The van der Waals surface area contributed by atoms with Gasteiger partial charge in [-0.25, -0.2) is 0 Å². The van der Waals surface area contributed by atoms with Crippen molar-refractivity contribution in [3.8, 4) is 0 Å². The number of hydrogen-bond donors (Lipinski definition) is 2. The molecule has 0 radical (unpaired) electrons. The van der Waals surface area contributed by atoms with Gasteiger partial charge in [0.1, 0.15) is 0 Å². The zero-order valence-corrected chi connectivity index (χ0v) is 11.6. The van der Waals surface area contributed by atoms with Crippen LogP contribution in [0.2, 0.25) is 0 Å². The van der Waals surface area contributed by atoms with Gasteiger partial charge in [-0.05, 0) is 24.1 Å². The lowest BCUT2D eigenvalue weighted by Crippen LogP contribution is -2.34. The molecule has 0 saturated heterocycles. The summed E-state index contributed by atoms with van der Waals surface area (Å²) in [4.78, 5) is 27.7. The van der Waals surface area contributed by atoms with Crippen LogP contribution in [0.1, 0.15) is 15.9 Å². The number of amides is 1.